The second kappa shape index (κ2) is 7.36. The molecule has 3 N–H and O–H groups in total. The van der Waals surface area contributed by atoms with Gasteiger partial charge in [0.15, 0.2) is 0 Å². The molecule has 0 saturated heterocycles. The third kappa shape index (κ3) is 3.97. The van der Waals surface area contributed by atoms with Gasteiger partial charge in [-0.15, -0.1) is 5.10 Å². The maximum atomic E-state index is 9.98. The van der Waals surface area contributed by atoms with Crippen molar-refractivity contribution in [3.63, 3.8) is 0 Å². The highest BCUT2D eigenvalue weighted by molar-refractivity contribution is 5.36. The van der Waals surface area contributed by atoms with Crippen LogP contribution in [0.5, 0.6) is 5.88 Å². The summed E-state index contributed by atoms with van der Waals surface area (Å²) in [6.45, 7) is 4.16. The Morgan fingerprint density at radius 3 is 2.62 bits per heavy atom. The number of aliphatic hydroxyl groups is 2. The number of hydrogen-bond donors (Lipinski definition) is 3. The molecule has 1 aromatic heterocycles. The number of H-pyrrole nitrogens is 1. The first kappa shape index (κ1) is 17.0. The zero-order valence-electron chi connectivity index (χ0n) is 14.3. The maximum absolute atomic E-state index is 9.98. The number of aliphatic hydroxyl groups excluding tert-OH is 2. The maximum Gasteiger partial charge on any atom is 0.236 e. The predicted molar refractivity (Wildman–Crippen MR) is 92.2 cm³/mol. The number of aryl methyl sites for hydroxylation is 2. The van der Waals surface area contributed by atoms with E-state index in [1.807, 2.05) is 6.92 Å². The van der Waals surface area contributed by atoms with Gasteiger partial charge in [-0.05, 0) is 38.2 Å². The van der Waals surface area contributed by atoms with Crippen LogP contribution in [0.4, 0.5) is 0 Å². The fraction of sp³-hybridized carbons (Fsp3) is 0.526. The van der Waals surface area contributed by atoms with Gasteiger partial charge in [-0.3, -0.25) is 5.10 Å². The fourth-order valence-electron chi connectivity index (χ4n) is 3.40. The number of hydrogen-bond acceptors (Lipinski definition) is 4. The van der Waals surface area contributed by atoms with Gasteiger partial charge in [0.1, 0.15) is 6.10 Å². The Morgan fingerprint density at radius 2 is 1.92 bits per heavy atom. The molecule has 1 saturated carbocycles. The molecule has 24 heavy (non-hydrogen) atoms. The molecule has 1 aliphatic rings. The van der Waals surface area contributed by atoms with E-state index in [4.69, 9.17) is 4.74 Å². The highest BCUT2D eigenvalue weighted by Crippen LogP contribution is 2.30. The minimum Gasteiger partial charge on any atom is -0.473 e. The fourth-order valence-corrected chi connectivity index (χ4v) is 3.40. The Labute approximate surface area is 142 Å². The minimum atomic E-state index is -0.415. The van der Waals surface area contributed by atoms with Crippen LogP contribution in [0, 0.1) is 19.8 Å². The van der Waals surface area contributed by atoms with Crippen LogP contribution in [0.2, 0.25) is 0 Å². The third-order valence-electron chi connectivity index (χ3n) is 4.81. The van der Waals surface area contributed by atoms with Crippen molar-refractivity contribution in [2.75, 3.05) is 6.61 Å². The zero-order valence-corrected chi connectivity index (χ0v) is 14.3. The summed E-state index contributed by atoms with van der Waals surface area (Å²) in [6, 6.07) is 8.46. The summed E-state index contributed by atoms with van der Waals surface area (Å²) in [5.74, 6) is 0.711. The molecule has 5 nitrogen and oxygen atoms in total. The van der Waals surface area contributed by atoms with Gasteiger partial charge < -0.3 is 14.9 Å². The van der Waals surface area contributed by atoms with Gasteiger partial charge in [0.25, 0.3) is 0 Å². The molecule has 1 aromatic carbocycles. The minimum absolute atomic E-state index is 0.0900. The second-order valence-electron chi connectivity index (χ2n) is 6.94. The number of aromatic nitrogens is 2. The summed E-state index contributed by atoms with van der Waals surface area (Å²) >= 11 is 0. The molecule has 130 valence electrons. The quantitative estimate of drug-likeness (QED) is 0.787. The van der Waals surface area contributed by atoms with Crippen LogP contribution in [0.25, 0.3) is 0 Å². The molecule has 3 rings (SSSR count). The Hall–Kier alpha value is -1.85. The molecular weight excluding hydrogens is 304 g/mol. The molecule has 0 amide bonds. The van der Waals surface area contributed by atoms with E-state index in [0.29, 0.717) is 18.7 Å². The van der Waals surface area contributed by atoms with Crippen LogP contribution < -0.4 is 4.74 Å². The molecule has 3 atom stereocenters. The summed E-state index contributed by atoms with van der Waals surface area (Å²) < 4.78 is 6.09. The molecule has 0 unspecified atom stereocenters. The lowest BCUT2D eigenvalue weighted by molar-refractivity contribution is 0.00866. The van der Waals surface area contributed by atoms with E-state index in [0.717, 1.165) is 24.1 Å². The summed E-state index contributed by atoms with van der Waals surface area (Å²) in [5.41, 5.74) is 4.51. The van der Waals surface area contributed by atoms with E-state index in [1.54, 1.807) is 0 Å². The van der Waals surface area contributed by atoms with Gasteiger partial charge in [0.05, 0.1) is 6.10 Å². The standard InChI is InChI=1S/C19H26N2O3/c1-12-3-5-14(6-4-12)9-18-13(2)20-21-19(18)24-17-8-15(11-22)7-16(23)10-17/h3-6,15-17,22-23H,7-11H2,1-2H3,(H,20,21)/t15-,16+,17-/m1/s1. The molecule has 2 aromatic rings. The number of rotatable bonds is 5. The van der Waals surface area contributed by atoms with Crippen molar-refractivity contribution in [3.05, 3.63) is 46.6 Å². The topological polar surface area (TPSA) is 78.4 Å². The van der Waals surface area contributed by atoms with E-state index in [9.17, 15) is 10.2 Å². The van der Waals surface area contributed by atoms with Crippen molar-refractivity contribution >= 4 is 0 Å². The first-order valence-corrected chi connectivity index (χ1v) is 8.60. The van der Waals surface area contributed by atoms with Crippen LogP contribution in [0.1, 0.15) is 41.6 Å². The summed E-state index contributed by atoms with van der Waals surface area (Å²) in [6.07, 6.45) is 2.23. The Morgan fingerprint density at radius 1 is 1.17 bits per heavy atom. The first-order valence-electron chi connectivity index (χ1n) is 8.60. The average Bonchev–Trinajstić information content (AvgIpc) is 2.89. The second-order valence-corrected chi connectivity index (χ2v) is 6.94. The largest absolute Gasteiger partial charge is 0.473 e. The van der Waals surface area contributed by atoms with Gasteiger partial charge in [-0.1, -0.05) is 29.8 Å². The van der Waals surface area contributed by atoms with E-state index >= 15 is 0 Å². The van der Waals surface area contributed by atoms with Gasteiger partial charge in [0, 0.05) is 30.7 Å². The summed E-state index contributed by atoms with van der Waals surface area (Å²) in [7, 11) is 0. The third-order valence-corrected chi connectivity index (χ3v) is 4.81. The highest BCUT2D eigenvalue weighted by atomic mass is 16.5. The molecule has 1 fully saturated rings. The van der Waals surface area contributed by atoms with Crippen molar-refractivity contribution in [1.29, 1.82) is 0 Å². The monoisotopic (exact) mass is 330 g/mol. The Kier molecular flexibility index (Phi) is 5.21. The molecule has 0 bridgehead atoms. The normalized spacial score (nSPS) is 24.1. The smallest absolute Gasteiger partial charge is 0.236 e. The molecule has 1 aliphatic carbocycles. The summed E-state index contributed by atoms with van der Waals surface area (Å²) in [5, 5.41) is 26.7. The van der Waals surface area contributed by atoms with Crippen LogP contribution in [-0.4, -0.2) is 39.2 Å². The van der Waals surface area contributed by atoms with Crippen molar-refractivity contribution in [2.24, 2.45) is 5.92 Å². The van der Waals surface area contributed by atoms with E-state index in [-0.39, 0.29) is 18.6 Å². The molecule has 0 radical (unpaired) electrons. The van der Waals surface area contributed by atoms with E-state index < -0.39 is 6.10 Å². The Bertz CT molecular complexity index is 666. The summed E-state index contributed by atoms with van der Waals surface area (Å²) in [4.78, 5) is 0. The zero-order chi connectivity index (χ0) is 17.1. The lowest BCUT2D eigenvalue weighted by Crippen LogP contribution is -2.35. The van der Waals surface area contributed by atoms with Crippen molar-refractivity contribution in [1.82, 2.24) is 10.2 Å². The van der Waals surface area contributed by atoms with E-state index in [1.165, 1.54) is 11.1 Å². The molecule has 0 aliphatic heterocycles. The molecule has 0 spiro atoms. The number of benzene rings is 1. The van der Waals surface area contributed by atoms with Crippen molar-refractivity contribution in [3.8, 4) is 5.88 Å². The van der Waals surface area contributed by atoms with Gasteiger partial charge in [-0.2, -0.15) is 0 Å². The molecular formula is C19H26N2O3. The van der Waals surface area contributed by atoms with Gasteiger partial charge >= 0.3 is 0 Å². The van der Waals surface area contributed by atoms with Crippen LogP contribution in [0.15, 0.2) is 24.3 Å². The number of nitrogens with zero attached hydrogens (tertiary/aromatic N) is 1. The van der Waals surface area contributed by atoms with Gasteiger partial charge in [-0.25, -0.2) is 0 Å². The first-order chi connectivity index (χ1) is 11.5. The lowest BCUT2D eigenvalue weighted by atomic mass is 9.86. The number of aromatic amines is 1. The Balaban J connectivity index is 1.73. The van der Waals surface area contributed by atoms with Crippen LogP contribution >= 0.6 is 0 Å². The van der Waals surface area contributed by atoms with Crippen LogP contribution in [0.3, 0.4) is 0 Å². The van der Waals surface area contributed by atoms with Crippen molar-refractivity contribution < 1.29 is 14.9 Å². The SMILES string of the molecule is Cc1ccc(Cc2c(O[C@H]3C[C@@H](O)C[C@@H](CO)C3)n[nH]c2C)cc1. The van der Waals surface area contributed by atoms with E-state index in [2.05, 4.69) is 41.4 Å². The molecule has 5 heteroatoms. The number of ether oxygens (including phenoxy) is 1. The van der Waals surface area contributed by atoms with Gasteiger partial charge in [0.2, 0.25) is 5.88 Å². The molecule has 1 heterocycles. The highest BCUT2D eigenvalue weighted by Gasteiger charge is 2.29. The predicted octanol–water partition coefficient (Wildman–Crippen LogP) is 2.52. The average molecular weight is 330 g/mol. The lowest BCUT2D eigenvalue weighted by Gasteiger charge is -2.31. The van der Waals surface area contributed by atoms with Crippen LogP contribution in [-0.2, 0) is 6.42 Å². The van der Waals surface area contributed by atoms with Crippen molar-refractivity contribution in [2.45, 2.75) is 51.7 Å². The number of nitrogens with one attached hydrogen (secondary N) is 1.